The molecule has 1 amide bonds. The number of fused-ring (bicyclic) bond motifs is 1. The van der Waals surface area contributed by atoms with Gasteiger partial charge in [-0.2, -0.15) is 4.31 Å². The van der Waals surface area contributed by atoms with Gasteiger partial charge in [0.1, 0.15) is 0 Å². The number of benzene rings is 1. The molecule has 4 rings (SSSR count). The van der Waals surface area contributed by atoms with Crippen molar-refractivity contribution in [3.8, 4) is 0 Å². The highest BCUT2D eigenvalue weighted by Crippen LogP contribution is 2.25. The summed E-state index contributed by atoms with van der Waals surface area (Å²) in [5.74, 6) is 0.0494. The summed E-state index contributed by atoms with van der Waals surface area (Å²) in [4.78, 5) is 17.5. The Kier molecular flexibility index (Phi) is 8.06. The molecular weight excluding hydrogens is 438 g/mol. The minimum Gasteiger partial charge on any atom is -0.355 e. The van der Waals surface area contributed by atoms with Crippen LogP contribution in [-0.4, -0.2) is 91.9 Å². The lowest BCUT2D eigenvalue weighted by Crippen LogP contribution is -2.48. The highest BCUT2D eigenvalue weighted by atomic mass is 32.2. The lowest BCUT2D eigenvalue weighted by atomic mass is 10.2. The van der Waals surface area contributed by atoms with Gasteiger partial charge in [0.05, 0.1) is 4.90 Å². The van der Waals surface area contributed by atoms with Crippen LogP contribution in [0.1, 0.15) is 32.6 Å². The molecule has 0 atom stereocenters. The van der Waals surface area contributed by atoms with E-state index in [1.807, 2.05) is 22.9 Å². The number of aromatic nitrogens is 1. The van der Waals surface area contributed by atoms with E-state index < -0.39 is 10.0 Å². The number of rotatable bonds is 9. The van der Waals surface area contributed by atoms with Crippen LogP contribution in [0.5, 0.6) is 0 Å². The molecule has 0 bridgehead atoms. The van der Waals surface area contributed by atoms with Crippen LogP contribution in [0, 0.1) is 0 Å². The number of aryl methyl sites for hydroxylation is 1. The molecule has 1 aromatic carbocycles. The van der Waals surface area contributed by atoms with E-state index in [0.717, 1.165) is 69.4 Å². The zero-order chi connectivity index (χ0) is 23.3. The summed E-state index contributed by atoms with van der Waals surface area (Å²) < 4.78 is 29.5. The molecule has 0 unspecified atom stereocenters. The number of likely N-dealkylation sites (N-methyl/N-ethyl adjacent to an activating group) is 1. The SMILES string of the molecule is CCN1CCN(CCNC(=O)CCn2ccc3cc(S(=O)(=O)N4CCCCC4)ccc32)CC1. The van der Waals surface area contributed by atoms with Crippen LogP contribution in [0.25, 0.3) is 10.9 Å². The zero-order valence-corrected chi connectivity index (χ0v) is 20.5. The molecule has 2 aliphatic heterocycles. The van der Waals surface area contributed by atoms with Crippen molar-refractivity contribution in [1.82, 2.24) is 24.0 Å². The van der Waals surface area contributed by atoms with E-state index >= 15 is 0 Å². The van der Waals surface area contributed by atoms with Crippen molar-refractivity contribution >= 4 is 26.8 Å². The number of carbonyl (C=O) groups excluding carboxylic acids is 1. The first-order valence-electron chi connectivity index (χ1n) is 12.3. The second-order valence-electron chi connectivity index (χ2n) is 9.07. The Bertz CT molecular complexity index is 1040. The van der Waals surface area contributed by atoms with Crippen LogP contribution in [0.4, 0.5) is 0 Å². The van der Waals surface area contributed by atoms with Crippen LogP contribution < -0.4 is 5.32 Å². The first-order chi connectivity index (χ1) is 16.0. The Morgan fingerprint density at radius 3 is 2.39 bits per heavy atom. The molecule has 3 heterocycles. The number of nitrogens with zero attached hydrogens (tertiary/aromatic N) is 4. The molecule has 1 N–H and O–H groups in total. The van der Waals surface area contributed by atoms with E-state index in [0.29, 0.717) is 37.5 Å². The Morgan fingerprint density at radius 1 is 0.939 bits per heavy atom. The van der Waals surface area contributed by atoms with E-state index in [1.54, 1.807) is 16.4 Å². The number of sulfonamides is 1. The minimum absolute atomic E-state index is 0.0494. The first-order valence-corrected chi connectivity index (χ1v) is 13.7. The smallest absolute Gasteiger partial charge is 0.243 e. The second-order valence-corrected chi connectivity index (χ2v) is 11.0. The van der Waals surface area contributed by atoms with Gasteiger partial charge in [-0.05, 0) is 43.7 Å². The van der Waals surface area contributed by atoms with E-state index in [-0.39, 0.29) is 5.91 Å². The average molecular weight is 476 g/mol. The Morgan fingerprint density at radius 2 is 1.67 bits per heavy atom. The maximum Gasteiger partial charge on any atom is 0.243 e. The minimum atomic E-state index is -3.44. The summed E-state index contributed by atoms with van der Waals surface area (Å²) in [6.45, 7) is 11.0. The molecule has 182 valence electrons. The van der Waals surface area contributed by atoms with Gasteiger partial charge in [0.15, 0.2) is 0 Å². The third-order valence-corrected chi connectivity index (χ3v) is 8.83. The summed E-state index contributed by atoms with van der Waals surface area (Å²) in [5, 5.41) is 3.93. The molecular formula is C24H37N5O3S. The lowest BCUT2D eigenvalue weighted by Gasteiger charge is -2.33. The molecule has 2 aromatic rings. The van der Waals surface area contributed by atoms with E-state index in [4.69, 9.17) is 0 Å². The van der Waals surface area contributed by atoms with Crippen molar-refractivity contribution in [2.24, 2.45) is 0 Å². The molecule has 33 heavy (non-hydrogen) atoms. The largest absolute Gasteiger partial charge is 0.355 e. The highest BCUT2D eigenvalue weighted by Gasteiger charge is 2.26. The van der Waals surface area contributed by atoms with Crippen molar-refractivity contribution in [1.29, 1.82) is 0 Å². The fourth-order valence-electron chi connectivity index (χ4n) is 4.78. The summed E-state index contributed by atoms with van der Waals surface area (Å²) >= 11 is 0. The van der Waals surface area contributed by atoms with Gasteiger partial charge in [0.25, 0.3) is 0 Å². The van der Waals surface area contributed by atoms with Crippen LogP contribution in [0.15, 0.2) is 35.4 Å². The maximum atomic E-state index is 13.0. The van der Waals surface area contributed by atoms with Crippen molar-refractivity contribution < 1.29 is 13.2 Å². The van der Waals surface area contributed by atoms with Crippen molar-refractivity contribution in [3.63, 3.8) is 0 Å². The van der Waals surface area contributed by atoms with E-state index in [1.165, 1.54) is 0 Å². The second kappa shape index (κ2) is 11.0. The van der Waals surface area contributed by atoms with Crippen LogP contribution in [0.2, 0.25) is 0 Å². The predicted molar refractivity (Wildman–Crippen MR) is 131 cm³/mol. The van der Waals surface area contributed by atoms with Crippen molar-refractivity contribution in [3.05, 3.63) is 30.5 Å². The monoisotopic (exact) mass is 475 g/mol. The van der Waals surface area contributed by atoms with Crippen LogP contribution in [-0.2, 0) is 21.4 Å². The fourth-order valence-corrected chi connectivity index (χ4v) is 6.33. The zero-order valence-electron chi connectivity index (χ0n) is 19.7. The van der Waals surface area contributed by atoms with Crippen molar-refractivity contribution in [2.45, 2.75) is 44.0 Å². The topological polar surface area (TPSA) is 77.9 Å². The molecule has 8 nitrogen and oxygen atoms in total. The lowest BCUT2D eigenvalue weighted by molar-refractivity contribution is -0.121. The molecule has 0 radical (unpaired) electrons. The first kappa shape index (κ1) is 24.2. The number of hydrogen-bond acceptors (Lipinski definition) is 5. The van der Waals surface area contributed by atoms with Gasteiger partial charge in [-0.25, -0.2) is 8.42 Å². The third-order valence-electron chi connectivity index (χ3n) is 6.94. The molecule has 2 fully saturated rings. The van der Waals surface area contributed by atoms with Crippen LogP contribution in [0.3, 0.4) is 0 Å². The highest BCUT2D eigenvalue weighted by molar-refractivity contribution is 7.89. The number of piperidine rings is 1. The fraction of sp³-hybridized carbons (Fsp3) is 0.625. The summed E-state index contributed by atoms with van der Waals surface area (Å²) in [5.41, 5.74) is 0.953. The van der Waals surface area contributed by atoms with Gasteiger partial charge in [-0.3, -0.25) is 9.69 Å². The standard InChI is InChI=1S/C24H37N5O3S/c1-2-26-16-18-27(19-17-26)15-10-25-24(30)9-14-28-13-8-21-20-22(6-7-23(21)28)33(31,32)29-11-4-3-5-12-29/h6-8,13,20H,2-5,9-12,14-19H2,1H3,(H,25,30). The molecule has 0 saturated carbocycles. The third kappa shape index (κ3) is 5.95. The van der Waals surface area contributed by atoms with Crippen molar-refractivity contribution in [2.75, 3.05) is 58.9 Å². The van der Waals surface area contributed by atoms with Gasteiger partial charge >= 0.3 is 0 Å². The molecule has 9 heteroatoms. The van der Waals surface area contributed by atoms with Gasteiger partial charge < -0.3 is 14.8 Å². The van der Waals surface area contributed by atoms with Gasteiger partial charge in [0.2, 0.25) is 15.9 Å². The van der Waals surface area contributed by atoms with E-state index in [9.17, 15) is 13.2 Å². The molecule has 0 aliphatic carbocycles. The number of hydrogen-bond donors (Lipinski definition) is 1. The maximum absolute atomic E-state index is 13.0. The predicted octanol–water partition coefficient (Wildman–Crippen LogP) is 1.96. The van der Waals surface area contributed by atoms with Gasteiger partial charge in [-0.15, -0.1) is 0 Å². The van der Waals surface area contributed by atoms with E-state index in [2.05, 4.69) is 22.0 Å². The van der Waals surface area contributed by atoms with Crippen LogP contribution >= 0.6 is 0 Å². The Hall–Kier alpha value is -1.94. The number of nitrogens with one attached hydrogen (secondary N) is 1. The van der Waals surface area contributed by atoms with Gasteiger partial charge in [0, 0.05) is 82.4 Å². The van der Waals surface area contributed by atoms with Gasteiger partial charge in [-0.1, -0.05) is 13.3 Å². The summed E-state index contributed by atoms with van der Waals surface area (Å²) in [6.07, 6.45) is 5.28. The quantitative estimate of drug-likeness (QED) is 0.600. The molecule has 2 saturated heterocycles. The molecule has 1 aromatic heterocycles. The summed E-state index contributed by atoms with van der Waals surface area (Å²) in [7, 11) is -3.44. The number of piperazine rings is 1. The Labute approximate surface area is 197 Å². The normalized spacial score (nSPS) is 19.2. The number of carbonyl (C=O) groups is 1. The number of amides is 1. The summed E-state index contributed by atoms with van der Waals surface area (Å²) in [6, 6.07) is 7.24. The molecule has 0 spiro atoms. The molecule has 2 aliphatic rings. The Balaban J connectivity index is 1.27. The average Bonchev–Trinajstić information content (AvgIpc) is 3.26.